The first-order chi connectivity index (χ1) is 17.6. The summed E-state index contributed by atoms with van der Waals surface area (Å²) in [7, 11) is 0. The zero-order chi connectivity index (χ0) is 28.2. The molecule has 1 heterocycles. The number of nitrogens with zero attached hydrogens (tertiary/aromatic N) is 1. The van der Waals surface area contributed by atoms with Crippen molar-refractivity contribution in [3.8, 4) is 0 Å². The highest BCUT2D eigenvalue weighted by molar-refractivity contribution is 5.72. The molecule has 2 amide bonds. The van der Waals surface area contributed by atoms with Crippen LogP contribution in [0.1, 0.15) is 59.6 Å². The smallest absolute Gasteiger partial charge is 0.373 e. The van der Waals surface area contributed by atoms with Crippen LogP contribution in [0.3, 0.4) is 0 Å². The summed E-state index contributed by atoms with van der Waals surface area (Å²) in [6.07, 6.45) is -12.4. The molecule has 0 spiro atoms. The lowest BCUT2D eigenvalue weighted by molar-refractivity contribution is -0.143. The average molecular weight is 548 g/mol. The van der Waals surface area contributed by atoms with Crippen LogP contribution in [0.4, 0.5) is 35.5 Å². The molecular formula is C26H27F7N2O3. The molecule has 3 N–H and O–H groups in total. The Labute approximate surface area is 214 Å². The number of fused-ring (bicyclic) bond motifs is 1. The second-order valence-electron chi connectivity index (χ2n) is 9.99. The van der Waals surface area contributed by atoms with E-state index in [1.807, 2.05) is 0 Å². The molecule has 1 saturated heterocycles. The molecule has 12 heteroatoms. The van der Waals surface area contributed by atoms with Crippen molar-refractivity contribution in [3.05, 3.63) is 70.0 Å². The molecular weight excluding hydrogens is 521 g/mol. The number of rotatable bonds is 4. The number of likely N-dealkylation sites (tertiary alicyclic amines) is 1. The number of ether oxygens (including phenoxy) is 1. The summed E-state index contributed by atoms with van der Waals surface area (Å²) in [5, 5.41) is 10.7. The molecule has 0 aromatic heterocycles. The van der Waals surface area contributed by atoms with Crippen LogP contribution in [0, 0.1) is 24.6 Å². The molecule has 6 atom stereocenters. The van der Waals surface area contributed by atoms with Gasteiger partial charge in [0, 0.05) is 18.4 Å². The molecule has 2 aromatic rings. The Morgan fingerprint density at radius 2 is 1.63 bits per heavy atom. The monoisotopic (exact) mass is 548 g/mol. The number of aryl methyl sites for hydroxylation is 1. The molecule has 38 heavy (non-hydrogen) atoms. The maximum Gasteiger partial charge on any atom is 0.416 e. The van der Waals surface area contributed by atoms with Crippen LogP contribution in [0.15, 0.2) is 36.4 Å². The Morgan fingerprint density at radius 3 is 2.16 bits per heavy atom. The topological polar surface area (TPSA) is 75.8 Å². The first-order valence-electron chi connectivity index (χ1n) is 12.0. The minimum Gasteiger partial charge on any atom is -0.373 e. The highest BCUT2D eigenvalue weighted by Gasteiger charge is 2.51. The van der Waals surface area contributed by atoms with Gasteiger partial charge in [0.25, 0.3) is 0 Å². The van der Waals surface area contributed by atoms with Gasteiger partial charge in [0.1, 0.15) is 12.0 Å². The Morgan fingerprint density at radius 1 is 1.03 bits per heavy atom. The van der Waals surface area contributed by atoms with Crippen LogP contribution in [-0.2, 0) is 17.1 Å². The van der Waals surface area contributed by atoms with E-state index in [0.717, 1.165) is 4.90 Å². The van der Waals surface area contributed by atoms with Gasteiger partial charge in [0.15, 0.2) is 0 Å². The van der Waals surface area contributed by atoms with E-state index in [4.69, 9.17) is 10.5 Å². The molecule has 0 bridgehead atoms. The maximum absolute atomic E-state index is 13.9. The van der Waals surface area contributed by atoms with Crippen molar-refractivity contribution in [3.63, 3.8) is 0 Å². The fourth-order valence-electron chi connectivity index (χ4n) is 5.85. The zero-order valence-corrected chi connectivity index (χ0v) is 20.5. The van der Waals surface area contributed by atoms with Gasteiger partial charge in [-0.25, -0.2) is 9.18 Å². The van der Waals surface area contributed by atoms with Crippen LogP contribution < -0.4 is 5.73 Å². The largest absolute Gasteiger partial charge is 0.416 e. The van der Waals surface area contributed by atoms with Crippen molar-refractivity contribution in [2.24, 2.45) is 17.6 Å². The molecule has 5 nitrogen and oxygen atoms in total. The van der Waals surface area contributed by atoms with E-state index in [1.165, 1.54) is 19.1 Å². The van der Waals surface area contributed by atoms with Crippen molar-refractivity contribution < 1.29 is 45.4 Å². The molecule has 4 rings (SSSR count). The quantitative estimate of drug-likeness (QED) is 0.451. The van der Waals surface area contributed by atoms with Crippen molar-refractivity contribution in [2.75, 3.05) is 6.54 Å². The van der Waals surface area contributed by atoms with Gasteiger partial charge in [-0.3, -0.25) is 4.90 Å². The number of aliphatic hydroxyl groups is 1. The second kappa shape index (κ2) is 10.0. The van der Waals surface area contributed by atoms with Crippen LogP contribution in [0.25, 0.3) is 0 Å². The first-order valence-corrected chi connectivity index (χ1v) is 12.0. The molecule has 1 unspecified atom stereocenters. The average Bonchev–Trinajstić information content (AvgIpc) is 3.15. The molecule has 1 aliphatic heterocycles. The van der Waals surface area contributed by atoms with Crippen molar-refractivity contribution in [1.29, 1.82) is 0 Å². The summed E-state index contributed by atoms with van der Waals surface area (Å²) in [6.45, 7) is 3.11. The molecule has 1 saturated carbocycles. The Bertz CT molecular complexity index is 1170. The van der Waals surface area contributed by atoms with E-state index in [0.29, 0.717) is 36.1 Å². The van der Waals surface area contributed by atoms with Crippen molar-refractivity contribution in [2.45, 2.75) is 63.4 Å². The van der Waals surface area contributed by atoms with E-state index < -0.39 is 65.6 Å². The summed E-state index contributed by atoms with van der Waals surface area (Å²) >= 11 is 0. The molecule has 208 valence electrons. The molecule has 1 aliphatic carbocycles. The maximum atomic E-state index is 13.9. The van der Waals surface area contributed by atoms with Crippen LogP contribution in [0.5, 0.6) is 0 Å². The summed E-state index contributed by atoms with van der Waals surface area (Å²) in [4.78, 5) is 13.0. The fraction of sp³-hybridized carbons (Fsp3) is 0.500. The number of benzene rings is 2. The van der Waals surface area contributed by atoms with Gasteiger partial charge >= 0.3 is 18.4 Å². The highest BCUT2D eigenvalue weighted by atomic mass is 19.4. The molecule has 2 fully saturated rings. The number of hydrogen-bond acceptors (Lipinski definition) is 3. The fourth-order valence-corrected chi connectivity index (χ4v) is 5.85. The third-order valence-corrected chi connectivity index (χ3v) is 7.64. The van der Waals surface area contributed by atoms with Gasteiger partial charge in [-0.1, -0.05) is 6.07 Å². The number of urea groups is 1. The number of carbonyl (C=O) groups is 1. The number of alkyl halides is 6. The number of hydrogen-bond donors (Lipinski definition) is 2. The van der Waals surface area contributed by atoms with Gasteiger partial charge in [-0.15, -0.1) is 0 Å². The molecule has 0 radical (unpaired) electrons. The van der Waals surface area contributed by atoms with E-state index in [-0.39, 0.29) is 24.1 Å². The Hall–Kier alpha value is -2.86. The second-order valence-corrected chi connectivity index (χ2v) is 9.99. The van der Waals surface area contributed by atoms with Gasteiger partial charge in [-0.05, 0) is 79.6 Å². The highest BCUT2D eigenvalue weighted by Crippen LogP contribution is 2.50. The summed E-state index contributed by atoms with van der Waals surface area (Å²) in [5.41, 5.74) is 3.46. The Kier molecular flexibility index (Phi) is 7.43. The summed E-state index contributed by atoms with van der Waals surface area (Å²) in [6, 6.07) is 4.60. The third-order valence-electron chi connectivity index (χ3n) is 7.64. The van der Waals surface area contributed by atoms with Crippen LogP contribution in [0.2, 0.25) is 0 Å². The van der Waals surface area contributed by atoms with Gasteiger partial charge in [0.05, 0.1) is 23.3 Å². The number of amides is 2. The predicted molar refractivity (Wildman–Crippen MR) is 122 cm³/mol. The summed E-state index contributed by atoms with van der Waals surface area (Å²) in [5.74, 6) is -1.81. The SMILES string of the molecule is Cc1cc(F)ccc1[C@H]1[C@@H]2CN(C(N)=O)C(O)[C@H]2CC[C@@H]1O[C@H](C)c1cc(C(F)(F)F)cc(C(F)(F)F)c1. The number of halogens is 7. The van der Waals surface area contributed by atoms with Crippen LogP contribution in [-0.4, -0.2) is 34.9 Å². The lowest BCUT2D eigenvalue weighted by Gasteiger charge is -2.41. The van der Waals surface area contributed by atoms with Crippen molar-refractivity contribution in [1.82, 2.24) is 4.90 Å². The minimum absolute atomic E-state index is 0.0600. The van der Waals surface area contributed by atoms with E-state index in [2.05, 4.69) is 0 Å². The van der Waals surface area contributed by atoms with Crippen molar-refractivity contribution >= 4 is 6.03 Å². The Balaban J connectivity index is 1.72. The van der Waals surface area contributed by atoms with Gasteiger partial charge in [0.2, 0.25) is 0 Å². The standard InChI is InChI=1S/C26H27F7N2O3/c1-12-7-17(27)3-4-18(12)22-20-11-35(24(34)37)23(36)19(20)5-6-21(22)38-13(2)14-8-15(25(28,29)30)10-16(9-14)26(31,32)33/h3-4,7-10,13,19-23,36H,5-6,11H2,1-2H3,(H2,34,37)/t13-,19+,20-,21+,22+,23?/m1/s1. The van der Waals surface area contributed by atoms with E-state index in [9.17, 15) is 40.6 Å². The molecule has 2 aliphatic rings. The van der Waals surface area contributed by atoms with Gasteiger partial charge in [-0.2, -0.15) is 26.3 Å². The summed E-state index contributed by atoms with van der Waals surface area (Å²) < 4.78 is 100. The lowest BCUT2D eigenvalue weighted by Crippen LogP contribution is -2.41. The van der Waals surface area contributed by atoms with E-state index in [1.54, 1.807) is 13.0 Å². The zero-order valence-electron chi connectivity index (χ0n) is 20.5. The van der Waals surface area contributed by atoms with Crippen LogP contribution >= 0.6 is 0 Å². The van der Waals surface area contributed by atoms with Gasteiger partial charge < -0.3 is 15.6 Å². The minimum atomic E-state index is -5.00. The lowest BCUT2D eigenvalue weighted by atomic mass is 9.68. The number of primary amides is 1. The first kappa shape index (κ1) is 28.2. The number of aliphatic hydroxyl groups excluding tert-OH is 1. The normalized spacial score (nSPS) is 26.8. The third kappa shape index (κ3) is 5.47. The predicted octanol–water partition coefficient (Wildman–Crippen LogP) is 6.14. The van der Waals surface area contributed by atoms with E-state index >= 15 is 0 Å². The number of nitrogens with two attached hydrogens (primary N) is 1. The number of carbonyl (C=O) groups excluding carboxylic acids is 1. The molecule has 2 aromatic carbocycles.